The topological polar surface area (TPSA) is 87.1 Å². The first-order valence-electron chi connectivity index (χ1n) is 9.74. The van der Waals surface area contributed by atoms with E-state index < -0.39 is 18.1 Å². The predicted molar refractivity (Wildman–Crippen MR) is 111 cm³/mol. The summed E-state index contributed by atoms with van der Waals surface area (Å²) >= 11 is 0. The van der Waals surface area contributed by atoms with E-state index in [9.17, 15) is 19.8 Å². The van der Waals surface area contributed by atoms with E-state index in [1.54, 1.807) is 12.1 Å². The molecular weight excluding hydrogens is 382 g/mol. The summed E-state index contributed by atoms with van der Waals surface area (Å²) in [7, 11) is 0. The number of fused-ring (bicyclic) bond motifs is 4. The Morgan fingerprint density at radius 2 is 1.57 bits per heavy atom. The Bertz CT molecular complexity index is 1130. The summed E-state index contributed by atoms with van der Waals surface area (Å²) in [5.74, 6) is -1.28. The summed E-state index contributed by atoms with van der Waals surface area (Å²) in [6.45, 7) is 0.101. The number of aromatic hydroxyl groups is 1. The summed E-state index contributed by atoms with van der Waals surface area (Å²) in [4.78, 5) is 25.9. The van der Waals surface area contributed by atoms with Crippen LogP contribution in [0.4, 0.5) is 10.5 Å². The van der Waals surface area contributed by atoms with Crippen LogP contribution in [0.25, 0.3) is 11.1 Å². The van der Waals surface area contributed by atoms with E-state index in [1.807, 2.05) is 36.4 Å². The van der Waals surface area contributed by atoms with Crippen LogP contribution in [0.3, 0.4) is 0 Å². The van der Waals surface area contributed by atoms with Crippen molar-refractivity contribution in [2.45, 2.75) is 18.4 Å². The van der Waals surface area contributed by atoms with Crippen molar-refractivity contribution in [1.29, 1.82) is 0 Å². The Labute approximate surface area is 173 Å². The molecule has 3 aromatic rings. The maximum Gasteiger partial charge on any atom is 0.415 e. The maximum absolute atomic E-state index is 13.0. The molecule has 3 aromatic carbocycles. The molecule has 0 fully saturated rings. The predicted octanol–water partition coefficient (Wildman–Crippen LogP) is 4.16. The first-order valence-corrected chi connectivity index (χ1v) is 9.74. The molecule has 1 aliphatic carbocycles. The normalized spacial score (nSPS) is 16.7. The molecule has 6 nitrogen and oxygen atoms in total. The largest absolute Gasteiger partial charge is 0.508 e. The number of rotatable bonds is 3. The minimum atomic E-state index is -1.14. The molecule has 1 unspecified atom stereocenters. The van der Waals surface area contributed by atoms with E-state index in [-0.39, 0.29) is 24.7 Å². The third-order valence-electron chi connectivity index (χ3n) is 5.91. The standard InChI is InChI=1S/C24H19NO5/c26-22-11-5-10-20-18(22)12-21(23(27)28)25(20)24(29)30-13-19-16-8-3-1-6-14(16)15-7-2-4-9-17(15)19/h1-11,19,21,26H,12-13H2,(H,27,28). The summed E-state index contributed by atoms with van der Waals surface area (Å²) in [6.07, 6.45) is -0.685. The minimum absolute atomic E-state index is 0.0207. The van der Waals surface area contributed by atoms with Gasteiger partial charge in [0, 0.05) is 17.9 Å². The van der Waals surface area contributed by atoms with E-state index in [0.29, 0.717) is 11.3 Å². The Morgan fingerprint density at radius 3 is 2.20 bits per heavy atom. The van der Waals surface area contributed by atoms with Gasteiger partial charge in [0.05, 0.1) is 5.69 Å². The van der Waals surface area contributed by atoms with Gasteiger partial charge in [-0.05, 0) is 34.4 Å². The molecule has 150 valence electrons. The molecule has 2 N–H and O–H groups in total. The van der Waals surface area contributed by atoms with Gasteiger partial charge in [-0.15, -0.1) is 0 Å². The summed E-state index contributed by atoms with van der Waals surface area (Å²) in [5.41, 5.74) is 5.22. The molecule has 0 aromatic heterocycles. The molecule has 0 saturated heterocycles. The van der Waals surface area contributed by atoms with Crippen LogP contribution in [-0.2, 0) is 16.0 Å². The monoisotopic (exact) mass is 401 g/mol. The van der Waals surface area contributed by atoms with Crippen LogP contribution in [0.15, 0.2) is 66.7 Å². The number of phenolic OH excluding ortho intramolecular Hbond substituents is 1. The molecule has 30 heavy (non-hydrogen) atoms. The number of hydrogen-bond acceptors (Lipinski definition) is 4. The summed E-state index contributed by atoms with van der Waals surface area (Å²) < 4.78 is 5.64. The Kier molecular flexibility index (Phi) is 4.20. The molecular formula is C24H19NO5. The number of benzene rings is 3. The van der Waals surface area contributed by atoms with Gasteiger partial charge in [-0.25, -0.2) is 9.59 Å². The summed E-state index contributed by atoms with van der Waals surface area (Å²) in [5, 5.41) is 19.7. The van der Waals surface area contributed by atoms with Crippen molar-refractivity contribution in [3.63, 3.8) is 0 Å². The van der Waals surface area contributed by atoms with Crippen molar-refractivity contribution in [2.24, 2.45) is 0 Å². The number of carboxylic acid groups (broad SMARTS) is 1. The van der Waals surface area contributed by atoms with Gasteiger partial charge in [0.1, 0.15) is 18.4 Å². The van der Waals surface area contributed by atoms with E-state index in [2.05, 4.69) is 12.1 Å². The van der Waals surface area contributed by atoms with Crippen LogP contribution < -0.4 is 4.90 Å². The second kappa shape index (κ2) is 6.91. The van der Waals surface area contributed by atoms with Crippen LogP contribution in [0.2, 0.25) is 0 Å². The average molecular weight is 401 g/mol. The van der Waals surface area contributed by atoms with Crippen molar-refractivity contribution < 1.29 is 24.5 Å². The molecule has 1 atom stereocenters. The van der Waals surface area contributed by atoms with E-state index in [0.717, 1.165) is 27.2 Å². The van der Waals surface area contributed by atoms with Gasteiger partial charge in [-0.3, -0.25) is 4.90 Å². The molecule has 0 spiro atoms. The second-order valence-electron chi connectivity index (χ2n) is 7.51. The van der Waals surface area contributed by atoms with Crippen LogP contribution in [0.1, 0.15) is 22.6 Å². The van der Waals surface area contributed by atoms with Crippen molar-refractivity contribution in [3.8, 4) is 16.9 Å². The quantitative estimate of drug-likeness (QED) is 0.688. The number of nitrogens with zero attached hydrogens (tertiary/aromatic N) is 1. The number of anilines is 1. The summed E-state index contributed by atoms with van der Waals surface area (Å²) in [6, 6.07) is 19.6. The Hall–Kier alpha value is -3.80. The van der Waals surface area contributed by atoms with Gasteiger partial charge in [0.15, 0.2) is 0 Å². The van der Waals surface area contributed by atoms with Gasteiger partial charge in [-0.1, -0.05) is 54.6 Å². The van der Waals surface area contributed by atoms with Crippen LogP contribution >= 0.6 is 0 Å². The number of carboxylic acids is 1. The zero-order valence-electron chi connectivity index (χ0n) is 16.0. The first-order chi connectivity index (χ1) is 14.6. The highest BCUT2D eigenvalue weighted by molar-refractivity contribution is 5.99. The fourth-order valence-electron chi connectivity index (χ4n) is 4.54. The third-order valence-corrected chi connectivity index (χ3v) is 5.91. The molecule has 1 aliphatic heterocycles. The molecule has 1 amide bonds. The van der Waals surface area contributed by atoms with Crippen molar-refractivity contribution in [1.82, 2.24) is 0 Å². The second-order valence-corrected chi connectivity index (χ2v) is 7.51. The number of hydrogen-bond donors (Lipinski definition) is 2. The van der Waals surface area contributed by atoms with Crippen molar-refractivity contribution in [3.05, 3.63) is 83.4 Å². The highest BCUT2D eigenvalue weighted by Crippen LogP contribution is 2.45. The maximum atomic E-state index is 13.0. The van der Waals surface area contributed by atoms with Gasteiger partial charge < -0.3 is 14.9 Å². The SMILES string of the molecule is O=C(O)C1Cc2c(O)cccc2N1C(=O)OCC1c2ccccc2-c2ccccc21. The van der Waals surface area contributed by atoms with E-state index in [1.165, 1.54) is 6.07 Å². The van der Waals surface area contributed by atoms with Crippen LogP contribution in [-0.4, -0.2) is 34.9 Å². The van der Waals surface area contributed by atoms with Gasteiger partial charge in [-0.2, -0.15) is 0 Å². The third kappa shape index (κ3) is 2.72. The Balaban J connectivity index is 1.43. The lowest BCUT2D eigenvalue weighted by molar-refractivity contribution is -0.138. The number of carbonyl (C=O) groups is 2. The van der Waals surface area contributed by atoms with Gasteiger partial charge >= 0.3 is 12.1 Å². The lowest BCUT2D eigenvalue weighted by Crippen LogP contribution is -2.43. The smallest absolute Gasteiger partial charge is 0.415 e. The fraction of sp³-hybridized carbons (Fsp3) is 0.167. The molecule has 6 heteroatoms. The number of amides is 1. The van der Waals surface area contributed by atoms with Gasteiger partial charge in [0.2, 0.25) is 0 Å². The molecule has 1 heterocycles. The number of carbonyl (C=O) groups excluding carboxylic acids is 1. The van der Waals surface area contributed by atoms with E-state index in [4.69, 9.17) is 4.74 Å². The molecule has 5 rings (SSSR count). The molecule has 0 saturated carbocycles. The number of ether oxygens (including phenoxy) is 1. The molecule has 2 aliphatic rings. The highest BCUT2D eigenvalue weighted by atomic mass is 16.6. The zero-order valence-corrected chi connectivity index (χ0v) is 16.0. The fourth-order valence-corrected chi connectivity index (χ4v) is 4.54. The lowest BCUT2D eigenvalue weighted by Gasteiger charge is -2.23. The first kappa shape index (κ1) is 18.2. The number of aliphatic carboxylic acids is 1. The van der Waals surface area contributed by atoms with Crippen LogP contribution in [0, 0.1) is 0 Å². The van der Waals surface area contributed by atoms with Crippen molar-refractivity contribution in [2.75, 3.05) is 11.5 Å². The Morgan fingerprint density at radius 1 is 0.933 bits per heavy atom. The van der Waals surface area contributed by atoms with Crippen molar-refractivity contribution >= 4 is 17.7 Å². The molecule has 0 bridgehead atoms. The van der Waals surface area contributed by atoms with Gasteiger partial charge in [0.25, 0.3) is 0 Å². The average Bonchev–Trinajstić information content (AvgIpc) is 3.30. The highest BCUT2D eigenvalue weighted by Gasteiger charge is 2.41. The molecule has 0 radical (unpaired) electrons. The minimum Gasteiger partial charge on any atom is -0.508 e. The zero-order chi connectivity index (χ0) is 20.8. The van der Waals surface area contributed by atoms with E-state index >= 15 is 0 Å². The lowest BCUT2D eigenvalue weighted by atomic mass is 9.98. The van der Waals surface area contributed by atoms with Crippen LogP contribution in [0.5, 0.6) is 5.75 Å². The number of phenols is 1.